The number of nitrogens with zero attached hydrogens (tertiary/aromatic N) is 2. The number of carbonyl (C=O) groups is 1. The summed E-state index contributed by atoms with van der Waals surface area (Å²) in [5.41, 5.74) is 5.90. The molecule has 0 saturated carbocycles. The third-order valence-corrected chi connectivity index (χ3v) is 8.02. The lowest BCUT2D eigenvalue weighted by Gasteiger charge is -2.11. The van der Waals surface area contributed by atoms with Gasteiger partial charge < -0.3 is 10.1 Å². The van der Waals surface area contributed by atoms with Crippen molar-refractivity contribution in [1.82, 2.24) is 9.97 Å². The number of carbonyl (C=O) groups excluding carboxylic acids is 1. The minimum atomic E-state index is -0.344. The molecule has 7 heteroatoms. The average Bonchev–Trinajstić information content (AvgIpc) is 3.46. The maximum absolute atomic E-state index is 13.2. The van der Waals surface area contributed by atoms with Crippen molar-refractivity contribution in [3.05, 3.63) is 82.3 Å². The van der Waals surface area contributed by atoms with E-state index >= 15 is 0 Å². The van der Waals surface area contributed by atoms with E-state index in [-0.39, 0.29) is 5.97 Å². The second-order valence-electron chi connectivity index (χ2n) is 8.78. The highest BCUT2D eigenvalue weighted by atomic mass is 32.1. The molecule has 5 rings (SSSR count). The Morgan fingerprint density at radius 1 is 1.03 bits per heavy atom. The molecule has 0 aliphatic heterocycles. The number of fused-ring (bicyclic) bond motifs is 1. The molecule has 0 spiro atoms. The van der Waals surface area contributed by atoms with Crippen LogP contribution < -0.4 is 5.32 Å². The highest BCUT2D eigenvalue weighted by molar-refractivity contribution is 7.18. The molecule has 0 unspecified atom stereocenters. The topological polar surface area (TPSA) is 64.1 Å². The van der Waals surface area contributed by atoms with Crippen LogP contribution in [-0.2, 0) is 4.74 Å². The van der Waals surface area contributed by atoms with Crippen molar-refractivity contribution in [1.29, 1.82) is 0 Å². The summed E-state index contributed by atoms with van der Waals surface area (Å²) in [6.07, 6.45) is 1.56. The monoisotopic (exact) mass is 513 g/mol. The van der Waals surface area contributed by atoms with E-state index in [1.54, 1.807) is 17.7 Å². The van der Waals surface area contributed by atoms with Crippen LogP contribution in [-0.4, -0.2) is 22.5 Å². The lowest BCUT2D eigenvalue weighted by atomic mass is 9.99. The molecule has 2 aromatic carbocycles. The summed E-state index contributed by atoms with van der Waals surface area (Å²) in [5, 5.41) is 7.27. The first-order valence-corrected chi connectivity index (χ1v) is 13.6. The van der Waals surface area contributed by atoms with Gasteiger partial charge in [-0.15, -0.1) is 22.7 Å². The molecule has 3 aromatic heterocycles. The minimum Gasteiger partial charge on any atom is -0.462 e. The summed E-state index contributed by atoms with van der Waals surface area (Å²) in [6.45, 7) is 8.54. The number of hydrogen-bond acceptors (Lipinski definition) is 7. The van der Waals surface area contributed by atoms with Gasteiger partial charge in [0, 0.05) is 21.4 Å². The van der Waals surface area contributed by atoms with E-state index < -0.39 is 0 Å². The summed E-state index contributed by atoms with van der Waals surface area (Å²) >= 11 is 3.12. The number of ether oxygens (including phenoxy) is 1. The van der Waals surface area contributed by atoms with E-state index in [1.807, 2.05) is 44.2 Å². The summed E-state index contributed by atoms with van der Waals surface area (Å²) in [5.74, 6) is 0.805. The van der Waals surface area contributed by atoms with Crippen molar-refractivity contribution in [2.75, 3.05) is 11.9 Å². The number of esters is 1. The van der Waals surface area contributed by atoms with Crippen molar-refractivity contribution in [3.63, 3.8) is 0 Å². The van der Waals surface area contributed by atoms with Crippen molar-refractivity contribution < 1.29 is 9.53 Å². The second-order valence-corrected chi connectivity index (χ2v) is 10.9. The van der Waals surface area contributed by atoms with Gasteiger partial charge in [-0.1, -0.05) is 68.4 Å². The zero-order valence-electron chi connectivity index (χ0n) is 20.7. The van der Waals surface area contributed by atoms with Crippen LogP contribution in [0.25, 0.3) is 32.5 Å². The fourth-order valence-corrected chi connectivity index (χ4v) is 6.30. The normalized spacial score (nSPS) is 11.2. The number of hydrogen-bond donors (Lipinski definition) is 1. The molecule has 0 atom stereocenters. The van der Waals surface area contributed by atoms with Gasteiger partial charge in [-0.05, 0) is 36.5 Å². The molecule has 5 aromatic rings. The number of aryl methyl sites for hydroxylation is 1. The molecule has 0 radical (unpaired) electrons. The smallest absolute Gasteiger partial charge is 0.341 e. The van der Waals surface area contributed by atoms with Gasteiger partial charge in [0.05, 0.1) is 12.0 Å². The Morgan fingerprint density at radius 3 is 2.47 bits per heavy atom. The number of benzene rings is 2. The van der Waals surface area contributed by atoms with Crippen molar-refractivity contribution in [3.8, 4) is 22.3 Å². The number of aromatic nitrogens is 2. The number of thiophene rings is 2. The number of anilines is 2. The molecule has 36 heavy (non-hydrogen) atoms. The van der Waals surface area contributed by atoms with Gasteiger partial charge in [0.2, 0.25) is 0 Å². The van der Waals surface area contributed by atoms with Crippen molar-refractivity contribution in [2.45, 2.75) is 33.6 Å². The standard InChI is InChI=1S/C29H27N3O2S2/c1-5-34-29(33)25-23(21-9-7-6-8-10-21)18(4)36-28(25)32-26-24-22(15-35-27(24)31-16-30-26)20-13-11-19(12-14-20)17(2)3/h6-17H,5H2,1-4H3,(H,30,31,32). The van der Waals surface area contributed by atoms with Crippen LogP contribution in [0.3, 0.4) is 0 Å². The summed E-state index contributed by atoms with van der Waals surface area (Å²) < 4.78 is 5.47. The Morgan fingerprint density at radius 2 is 1.78 bits per heavy atom. The highest BCUT2D eigenvalue weighted by Crippen LogP contribution is 2.44. The SMILES string of the molecule is CCOC(=O)c1c(Nc2ncnc3scc(-c4ccc(C(C)C)cc4)c23)sc(C)c1-c1ccccc1. The first kappa shape index (κ1) is 24.2. The van der Waals surface area contributed by atoms with Crippen molar-refractivity contribution >= 4 is 49.7 Å². The number of nitrogens with one attached hydrogen (secondary N) is 1. The van der Waals surface area contributed by atoms with Crippen molar-refractivity contribution in [2.24, 2.45) is 0 Å². The first-order chi connectivity index (χ1) is 17.5. The quantitative estimate of drug-likeness (QED) is 0.221. The Bertz CT molecular complexity index is 1520. The molecule has 182 valence electrons. The van der Waals surface area contributed by atoms with Crippen LogP contribution >= 0.6 is 22.7 Å². The molecule has 0 aliphatic rings. The van der Waals surface area contributed by atoms with Crippen LogP contribution in [0.4, 0.5) is 10.8 Å². The maximum Gasteiger partial charge on any atom is 0.341 e. The van der Waals surface area contributed by atoms with Gasteiger partial charge in [0.25, 0.3) is 0 Å². The molecule has 3 heterocycles. The molecule has 0 amide bonds. The predicted octanol–water partition coefficient (Wildman–Crippen LogP) is 8.44. The van der Waals surface area contributed by atoms with E-state index in [9.17, 15) is 4.79 Å². The zero-order chi connectivity index (χ0) is 25.2. The van der Waals surface area contributed by atoms with E-state index in [4.69, 9.17) is 4.74 Å². The van der Waals surface area contributed by atoms with Crippen LogP contribution in [0.15, 0.2) is 66.3 Å². The Kier molecular flexibility index (Phi) is 6.85. The van der Waals surface area contributed by atoms with Crippen LogP contribution in [0, 0.1) is 6.92 Å². The molecule has 5 nitrogen and oxygen atoms in total. The maximum atomic E-state index is 13.2. The number of rotatable bonds is 7. The lowest BCUT2D eigenvalue weighted by Crippen LogP contribution is -2.08. The van der Waals surface area contributed by atoms with Gasteiger partial charge in [0.1, 0.15) is 27.5 Å². The Balaban J connectivity index is 1.62. The van der Waals surface area contributed by atoms with E-state index in [0.29, 0.717) is 23.9 Å². The fourth-order valence-electron chi connectivity index (χ4n) is 4.32. The van der Waals surface area contributed by atoms with Crippen LogP contribution in [0.2, 0.25) is 0 Å². The predicted molar refractivity (Wildman–Crippen MR) is 151 cm³/mol. The largest absolute Gasteiger partial charge is 0.462 e. The van der Waals surface area contributed by atoms with E-state index in [0.717, 1.165) is 42.3 Å². The second kappa shape index (κ2) is 10.2. The van der Waals surface area contributed by atoms with Gasteiger partial charge in [-0.2, -0.15) is 0 Å². The molecule has 0 fully saturated rings. The Hall–Kier alpha value is -3.55. The third-order valence-electron chi connectivity index (χ3n) is 6.12. The Labute approximate surface area is 218 Å². The molecular weight excluding hydrogens is 486 g/mol. The van der Waals surface area contributed by atoms with E-state index in [2.05, 4.69) is 58.8 Å². The molecule has 0 saturated heterocycles. The summed E-state index contributed by atoms with van der Waals surface area (Å²) in [4.78, 5) is 24.2. The van der Waals surface area contributed by atoms with Gasteiger partial charge in [-0.25, -0.2) is 14.8 Å². The summed E-state index contributed by atoms with van der Waals surface area (Å²) in [6, 6.07) is 18.6. The van der Waals surface area contributed by atoms with Crippen LogP contribution in [0.5, 0.6) is 0 Å². The summed E-state index contributed by atoms with van der Waals surface area (Å²) in [7, 11) is 0. The third kappa shape index (κ3) is 4.52. The molecule has 1 N–H and O–H groups in total. The van der Waals surface area contributed by atoms with Gasteiger partial charge >= 0.3 is 5.97 Å². The highest BCUT2D eigenvalue weighted by Gasteiger charge is 2.25. The molecule has 0 aliphatic carbocycles. The first-order valence-electron chi connectivity index (χ1n) is 11.9. The van der Waals surface area contributed by atoms with Crippen LogP contribution in [0.1, 0.15) is 47.5 Å². The molecule has 0 bridgehead atoms. The fraction of sp³-hybridized carbons (Fsp3) is 0.207. The molecular formula is C29H27N3O2S2. The average molecular weight is 514 g/mol. The van der Waals surface area contributed by atoms with E-state index in [1.165, 1.54) is 16.9 Å². The van der Waals surface area contributed by atoms with Gasteiger partial charge in [0.15, 0.2) is 0 Å². The van der Waals surface area contributed by atoms with Gasteiger partial charge in [-0.3, -0.25) is 0 Å². The zero-order valence-corrected chi connectivity index (χ0v) is 22.3. The lowest BCUT2D eigenvalue weighted by molar-refractivity contribution is 0.0529. The minimum absolute atomic E-state index is 0.306.